The van der Waals surface area contributed by atoms with Gasteiger partial charge >= 0.3 is 0 Å². The number of nitrogens with zero attached hydrogens (tertiary/aromatic N) is 2. The number of carbonyl (C=O) groups is 3. The molecular formula is C31H34N2O4. The van der Waals surface area contributed by atoms with Gasteiger partial charge in [0.25, 0.3) is 0 Å². The monoisotopic (exact) mass is 498 g/mol. The number of benzene rings is 2. The molecule has 0 bridgehead atoms. The maximum atomic E-state index is 13.9. The van der Waals surface area contributed by atoms with E-state index in [2.05, 4.69) is 4.90 Å². The van der Waals surface area contributed by atoms with E-state index in [1.54, 1.807) is 7.11 Å². The number of methoxy groups -OCH3 is 1. The molecule has 6 nitrogen and oxygen atoms in total. The molecule has 2 aromatic carbocycles. The summed E-state index contributed by atoms with van der Waals surface area (Å²) in [6.07, 6.45) is 10.1. The molecule has 6 rings (SSSR count). The van der Waals surface area contributed by atoms with E-state index >= 15 is 0 Å². The SMILES string of the molecule is COc1ccc([C@@H]2[C@H]([C@H]3C=CC[C@H]4C(=O)N(c5ccc(C)cc5)C(=O)[C@@H]34)C(=O)N2C2CCCCC2)cc1. The minimum Gasteiger partial charge on any atom is -0.497 e. The molecule has 0 aromatic heterocycles. The molecule has 0 unspecified atom stereocenters. The molecule has 4 aliphatic rings. The molecule has 2 aliphatic carbocycles. The van der Waals surface area contributed by atoms with E-state index in [0.717, 1.165) is 42.6 Å². The van der Waals surface area contributed by atoms with E-state index < -0.39 is 11.8 Å². The van der Waals surface area contributed by atoms with Crippen molar-refractivity contribution < 1.29 is 19.1 Å². The van der Waals surface area contributed by atoms with Gasteiger partial charge in [0.2, 0.25) is 17.7 Å². The predicted molar refractivity (Wildman–Crippen MR) is 141 cm³/mol. The van der Waals surface area contributed by atoms with Crippen molar-refractivity contribution in [2.24, 2.45) is 23.7 Å². The van der Waals surface area contributed by atoms with Crippen LogP contribution in [0.2, 0.25) is 0 Å². The molecule has 2 saturated heterocycles. The molecule has 3 amide bonds. The first kappa shape index (κ1) is 24.0. The predicted octanol–water partition coefficient (Wildman–Crippen LogP) is 5.22. The quantitative estimate of drug-likeness (QED) is 0.322. The second-order valence-electron chi connectivity index (χ2n) is 11.0. The van der Waals surface area contributed by atoms with Gasteiger partial charge in [0.15, 0.2) is 0 Å². The van der Waals surface area contributed by atoms with Gasteiger partial charge in [0.05, 0.1) is 36.6 Å². The largest absolute Gasteiger partial charge is 0.497 e. The highest BCUT2D eigenvalue weighted by Crippen LogP contribution is 2.54. The Morgan fingerprint density at radius 3 is 2.19 bits per heavy atom. The van der Waals surface area contributed by atoms with Crippen LogP contribution in [0.25, 0.3) is 0 Å². The normalized spacial score (nSPS) is 29.9. The number of carbonyl (C=O) groups excluding carboxylic acids is 3. The van der Waals surface area contributed by atoms with Crippen molar-refractivity contribution in [1.29, 1.82) is 0 Å². The highest BCUT2D eigenvalue weighted by Gasteiger charge is 2.60. The summed E-state index contributed by atoms with van der Waals surface area (Å²) in [5.74, 6) is -1.01. The first-order chi connectivity index (χ1) is 18.0. The van der Waals surface area contributed by atoms with Crippen molar-refractivity contribution in [2.75, 3.05) is 12.0 Å². The molecule has 0 radical (unpaired) electrons. The number of hydrogen-bond acceptors (Lipinski definition) is 4. The summed E-state index contributed by atoms with van der Waals surface area (Å²) in [5, 5.41) is 0. The Morgan fingerprint density at radius 1 is 0.811 bits per heavy atom. The topological polar surface area (TPSA) is 66.9 Å². The number of fused-ring (bicyclic) bond motifs is 1. The van der Waals surface area contributed by atoms with Crippen LogP contribution in [0, 0.1) is 30.6 Å². The third-order valence-corrected chi connectivity index (χ3v) is 8.95. The van der Waals surface area contributed by atoms with E-state index in [4.69, 9.17) is 4.74 Å². The maximum Gasteiger partial charge on any atom is 0.238 e. The summed E-state index contributed by atoms with van der Waals surface area (Å²) in [6.45, 7) is 1.98. The average molecular weight is 499 g/mol. The van der Waals surface area contributed by atoms with Crippen molar-refractivity contribution in [3.8, 4) is 5.75 Å². The Hall–Kier alpha value is -3.41. The maximum absolute atomic E-state index is 13.9. The van der Waals surface area contributed by atoms with Gasteiger partial charge in [-0.05, 0) is 56.0 Å². The standard InChI is InChI=1S/C31H34N2O4/c1-19-11-15-22(16-12-19)33-29(34)25-10-6-9-24(26(25)30(33)35)27-28(20-13-17-23(37-2)18-14-20)32(31(27)36)21-7-4-3-5-8-21/h6,9,11-18,21,24-28H,3-5,7-8,10H2,1-2H3/t24-,25+,26-,27-,28+/m0/s1. The van der Waals surface area contributed by atoms with Crippen LogP contribution in [0.5, 0.6) is 5.75 Å². The van der Waals surface area contributed by atoms with Crippen LogP contribution in [0.4, 0.5) is 5.69 Å². The van der Waals surface area contributed by atoms with Gasteiger partial charge < -0.3 is 9.64 Å². The number of aryl methyl sites for hydroxylation is 1. The summed E-state index contributed by atoms with van der Waals surface area (Å²) < 4.78 is 5.37. The molecule has 1 saturated carbocycles. The van der Waals surface area contributed by atoms with Crippen LogP contribution >= 0.6 is 0 Å². The highest BCUT2D eigenvalue weighted by atomic mass is 16.5. The first-order valence-corrected chi connectivity index (χ1v) is 13.6. The number of anilines is 1. The van der Waals surface area contributed by atoms with Gasteiger partial charge in [0.1, 0.15) is 5.75 Å². The van der Waals surface area contributed by atoms with Gasteiger partial charge in [-0.3, -0.25) is 19.3 Å². The van der Waals surface area contributed by atoms with E-state index in [-0.39, 0.29) is 41.6 Å². The number of allylic oxidation sites excluding steroid dienone is 2. The molecule has 6 heteroatoms. The van der Waals surface area contributed by atoms with Crippen molar-refractivity contribution >= 4 is 23.4 Å². The third kappa shape index (κ3) is 3.89. The number of imide groups is 1. The second kappa shape index (κ2) is 9.47. The zero-order chi connectivity index (χ0) is 25.7. The minimum absolute atomic E-state index is 0.105. The Morgan fingerprint density at radius 2 is 1.51 bits per heavy atom. The van der Waals surface area contributed by atoms with Gasteiger partial charge in [0, 0.05) is 12.0 Å². The lowest BCUT2D eigenvalue weighted by Gasteiger charge is -2.55. The molecule has 192 valence electrons. The summed E-state index contributed by atoms with van der Waals surface area (Å²) in [5.41, 5.74) is 2.76. The number of rotatable bonds is 5. The fraction of sp³-hybridized carbons (Fsp3) is 0.452. The lowest BCUT2D eigenvalue weighted by molar-refractivity contribution is -0.169. The molecule has 0 N–H and O–H groups in total. The minimum atomic E-state index is -0.512. The summed E-state index contributed by atoms with van der Waals surface area (Å²) in [4.78, 5) is 44.7. The van der Waals surface area contributed by atoms with Gasteiger partial charge in [-0.15, -0.1) is 0 Å². The number of amides is 3. The lowest BCUT2D eigenvalue weighted by atomic mass is 9.64. The van der Waals surface area contributed by atoms with Crippen LogP contribution in [0.15, 0.2) is 60.7 Å². The number of β-lactam (4-membered cyclic amide) rings is 1. The van der Waals surface area contributed by atoms with Gasteiger partial charge in [-0.1, -0.05) is 61.2 Å². The Labute approximate surface area is 218 Å². The van der Waals surface area contributed by atoms with E-state index in [1.807, 2.05) is 67.6 Å². The van der Waals surface area contributed by atoms with Crippen LogP contribution in [0.1, 0.15) is 55.7 Å². The smallest absolute Gasteiger partial charge is 0.238 e. The lowest BCUT2D eigenvalue weighted by Crippen LogP contribution is -2.62. The molecule has 2 aromatic rings. The van der Waals surface area contributed by atoms with Crippen molar-refractivity contribution in [3.63, 3.8) is 0 Å². The Bertz CT molecular complexity index is 1230. The van der Waals surface area contributed by atoms with Crippen LogP contribution in [0.3, 0.4) is 0 Å². The highest BCUT2D eigenvalue weighted by molar-refractivity contribution is 6.22. The van der Waals surface area contributed by atoms with Crippen molar-refractivity contribution in [3.05, 3.63) is 71.8 Å². The summed E-state index contributed by atoms with van der Waals surface area (Å²) in [7, 11) is 1.65. The van der Waals surface area contributed by atoms with E-state index in [0.29, 0.717) is 12.1 Å². The number of likely N-dealkylation sites (tertiary alicyclic amines) is 1. The zero-order valence-electron chi connectivity index (χ0n) is 21.5. The second-order valence-corrected chi connectivity index (χ2v) is 11.0. The fourth-order valence-electron chi connectivity index (χ4n) is 7.07. The van der Waals surface area contributed by atoms with Crippen LogP contribution < -0.4 is 9.64 Å². The zero-order valence-corrected chi connectivity index (χ0v) is 21.5. The van der Waals surface area contributed by atoms with Crippen molar-refractivity contribution in [2.45, 2.75) is 57.5 Å². The van der Waals surface area contributed by atoms with Crippen LogP contribution in [-0.2, 0) is 14.4 Å². The Kier molecular flexibility index (Phi) is 6.13. The molecular weight excluding hydrogens is 464 g/mol. The number of hydrogen-bond donors (Lipinski definition) is 0. The first-order valence-electron chi connectivity index (χ1n) is 13.6. The van der Waals surface area contributed by atoms with E-state index in [1.165, 1.54) is 11.3 Å². The van der Waals surface area contributed by atoms with Gasteiger partial charge in [-0.25, -0.2) is 0 Å². The van der Waals surface area contributed by atoms with Gasteiger partial charge in [-0.2, -0.15) is 0 Å². The Balaban J connectivity index is 1.35. The third-order valence-electron chi connectivity index (χ3n) is 8.95. The molecule has 2 heterocycles. The molecule has 0 spiro atoms. The van der Waals surface area contributed by atoms with Crippen LogP contribution in [-0.4, -0.2) is 35.8 Å². The van der Waals surface area contributed by atoms with E-state index in [9.17, 15) is 14.4 Å². The molecule has 2 aliphatic heterocycles. The summed E-state index contributed by atoms with van der Waals surface area (Å²) >= 11 is 0. The summed E-state index contributed by atoms with van der Waals surface area (Å²) in [6, 6.07) is 15.6. The number of ether oxygens (including phenoxy) is 1. The molecule has 3 fully saturated rings. The fourth-order valence-corrected chi connectivity index (χ4v) is 7.07. The van der Waals surface area contributed by atoms with Crippen molar-refractivity contribution in [1.82, 2.24) is 4.90 Å². The average Bonchev–Trinajstić information content (AvgIpc) is 3.18. The molecule has 37 heavy (non-hydrogen) atoms. The molecule has 5 atom stereocenters.